The van der Waals surface area contributed by atoms with Gasteiger partial charge < -0.3 is 10.0 Å². The van der Waals surface area contributed by atoms with Crippen molar-refractivity contribution in [1.82, 2.24) is 9.88 Å². The Morgan fingerprint density at radius 1 is 1.40 bits per heavy atom. The Balaban J connectivity index is 1.82. The number of carbonyl (C=O) groups excluding carboxylic acids is 1. The van der Waals surface area contributed by atoms with Crippen molar-refractivity contribution in [3.63, 3.8) is 0 Å². The topological polar surface area (TPSA) is 70.5 Å². The monoisotopic (exact) mass is 290 g/mol. The third-order valence-corrected chi connectivity index (χ3v) is 4.43. The van der Waals surface area contributed by atoms with Crippen LogP contribution in [0.1, 0.15) is 23.2 Å². The van der Waals surface area contributed by atoms with Gasteiger partial charge >= 0.3 is 5.97 Å². The Morgan fingerprint density at radius 3 is 3.05 bits per heavy atom. The molecule has 1 aromatic heterocycles. The highest BCUT2D eigenvalue weighted by atomic mass is 32.1. The number of carboxylic acids is 1. The van der Waals surface area contributed by atoms with Crippen molar-refractivity contribution in [2.75, 3.05) is 13.1 Å². The van der Waals surface area contributed by atoms with Crippen molar-refractivity contribution in [3.8, 4) is 0 Å². The lowest BCUT2D eigenvalue weighted by Crippen LogP contribution is -2.42. The number of hydrogen-bond acceptors (Lipinski definition) is 4. The summed E-state index contributed by atoms with van der Waals surface area (Å²) in [5.41, 5.74) is 3.24. The van der Waals surface area contributed by atoms with Gasteiger partial charge in [0.25, 0.3) is 5.91 Å². The molecule has 0 aliphatic carbocycles. The van der Waals surface area contributed by atoms with Gasteiger partial charge in [-0.3, -0.25) is 9.59 Å². The number of benzene rings is 1. The minimum Gasteiger partial charge on any atom is -0.481 e. The fraction of sp³-hybridized carbons (Fsp3) is 0.357. The lowest BCUT2D eigenvalue weighted by molar-refractivity contribution is -0.143. The smallest absolute Gasteiger partial charge is 0.308 e. The fourth-order valence-electron chi connectivity index (χ4n) is 2.53. The average molecular weight is 290 g/mol. The lowest BCUT2D eigenvalue weighted by atomic mass is 9.97. The van der Waals surface area contributed by atoms with Crippen molar-refractivity contribution in [3.05, 3.63) is 29.3 Å². The number of carbonyl (C=O) groups is 2. The first kappa shape index (κ1) is 13.1. The van der Waals surface area contributed by atoms with Crippen molar-refractivity contribution in [1.29, 1.82) is 0 Å². The minimum absolute atomic E-state index is 0.0914. The lowest BCUT2D eigenvalue weighted by Gasteiger charge is -2.30. The van der Waals surface area contributed by atoms with Crippen LogP contribution in [0.2, 0.25) is 0 Å². The van der Waals surface area contributed by atoms with Crippen LogP contribution < -0.4 is 0 Å². The first-order chi connectivity index (χ1) is 9.65. The number of fused-ring (bicyclic) bond motifs is 1. The first-order valence-corrected chi connectivity index (χ1v) is 7.38. The number of thiazole rings is 1. The van der Waals surface area contributed by atoms with Gasteiger partial charge in [-0.05, 0) is 31.0 Å². The molecule has 1 amide bonds. The van der Waals surface area contributed by atoms with Gasteiger partial charge in [-0.2, -0.15) is 0 Å². The summed E-state index contributed by atoms with van der Waals surface area (Å²) in [6, 6.07) is 5.42. The number of nitrogens with zero attached hydrogens (tertiary/aromatic N) is 2. The second kappa shape index (κ2) is 5.20. The molecule has 1 atom stereocenters. The van der Waals surface area contributed by atoms with E-state index < -0.39 is 11.9 Å². The number of likely N-dealkylation sites (tertiary alicyclic amines) is 1. The van der Waals surface area contributed by atoms with Gasteiger partial charge in [0.1, 0.15) is 0 Å². The van der Waals surface area contributed by atoms with E-state index in [1.165, 1.54) is 11.3 Å². The van der Waals surface area contributed by atoms with E-state index in [1.54, 1.807) is 16.5 Å². The van der Waals surface area contributed by atoms with E-state index in [0.29, 0.717) is 25.1 Å². The SMILES string of the molecule is O=C(O)C1CCCN(C(=O)c2ccc3ncsc3c2)C1. The van der Waals surface area contributed by atoms with Crippen LogP contribution in [0.15, 0.2) is 23.7 Å². The van der Waals surface area contributed by atoms with Gasteiger partial charge in [0.05, 0.1) is 21.6 Å². The largest absolute Gasteiger partial charge is 0.481 e. The zero-order chi connectivity index (χ0) is 14.1. The van der Waals surface area contributed by atoms with E-state index in [-0.39, 0.29) is 5.91 Å². The average Bonchev–Trinajstić information content (AvgIpc) is 2.94. The standard InChI is InChI=1S/C14H14N2O3S/c17-13(16-5-1-2-10(7-16)14(18)19)9-3-4-11-12(6-9)20-8-15-11/h3-4,6,8,10H,1-2,5,7H2,(H,18,19). The Morgan fingerprint density at radius 2 is 2.25 bits per heavy atom. The molecule has 20 heavy (non-hydrogen) atoms. The van der Waals surface area contributed by atoms with Crippen LogP contribution in [0.5, 0.6) is 0 Å². The maximum absolute atomic E-state index is 12.5. The molecule has 6 heteroatoms. The molecule has 1 saturated heterocycles. The van der Waals surface area contributed by atoms with Gasteiger partial charge in [-0.25, -0.2) is 4.98 Å². The number of aliphatic carboxylic acids is 1. The zero-order valence-electron chi connectivity index (χ0n) is 10.8. The summed E-state index contributed by atoms with van der Waals surface area (Å²) in [7, 11) is 0. The molecule has 0 radical (unpaired) electrons. The van der Waals surface area contributed by atoms with Gasteiger partial charge in [0.15, 0.2) is 0 Å². The molecule has 2 heterocycles. The number of hydrogen-bond donors (Lipinski definition) is 1. The Labute approximate surface area is 119 Å². The molecule has 3 rings (SSSR count). The van der Waals surface area contributed by atoms with Crippen LogP contribution in [0.4, 0.5) is 0 Å². The van der Waals surface area contributed by atoms with E-state index in [1.807, 2.05) is 12.1 Å². The van der Waals surface area contributed by atoms with E-state index >= 15 is 0 Å². The van der Waals surface area contributed by atoms with Crippen LogP contribution in [-0.2, 0) is 4.79 Å². The number of aromatic nitrogens is 1. The van der Waals surface area contributed by atoms with Crippen LogP contribution in [0, 0.1) is 5.92 Å². The molecule has 1 N–H and O–H groups in total. The highest BCUT2D eigenvalue weighted by molar-refractivity contribution is 7.16. The highest BCUT2D eigenvalue weighted by Gasteiger charge is 2.28. The highest BCUT2D eigenvalue weighted by Crippen LogP contribution is 2.22. The minimum atomic E-state index is -0.819. The Hall–Kier alpha value is -1.95. The quantitative estimate of drug-likeness (QED) is 0.920. The molecule has 1 aromatic carbocycles. The van der Waals surface area contributed by atoms with Crippen LogP contribution in [0.3, 0.4) is 0 Å². The van der Waals surface area contributed by atoms with Crippen LogP contribution in [0.25, 0.3) is 10.2 Å². The Kier molecular flexibility index (Phi) is 3.40. The normalized spacial score (nSPS) is 19.2. The third kappa shape index (κ3) is 2.38. The van der Waals surface area contributed by atoms with Gasteiger partial charge in [-0.15, -0.1) is 11.3 Å². The summed E-state index contributed by atoms with van der Waals surface area (Å²) in [6.07, 6.45) is 1.39. The Bertz CT molecular complexity index is 667. The van der Waals surface area contributed by atoms with Crippen LogP contribution in [-0.4, -0.2) is 40.0 Å². The number of amides is 1. The molecule has 0 spiro atoms. The van der Waals surface area contributed by atoms with E-state index in [0.717, 1.165) is 16.6 Å². The van der Waals surface area contributed by atoms with Crippen molar-refractivity contribution in [2.45, 2.75) is 12.8 Å². The van der Waals surface area contributed by atoms with E-state index in [9.17, 15) is 9.59 Å². The van der Waals surface area contributed by atoms with E-state index in [2.05, 4.69) is 4.98 Å². The summed E-state index contributed by atoms with van der Waals surface area (Å²) in [5, 5.41) is 9.08. The molecular weight excluding hydrogens is 276 g/mol. The molecular formula is C14H14N2O3S. The molecule has 1 aliphatic rings. The molecule has 104 valence electrons. The molecule has 1 unspecified atom stereocenters. The van der Waals surface area contributed by atoms with Gasteiger partial charge in [0.2, 0.25) is 0 Å². The first-order valence-electron chi connectivity index (χ1n) is 6.50. The predicted octanol–water partition coefficient (Wildman–Crippen LogP) is 2.23. The number of rotatable bonds is 2. The second-order valence-electron chi connectivity index (χ2n) is 4.96. The maximum atomic E-state index is 12.5. The van der Waals surface area contributed by atoms with Crippen molar-refractivity contribution in [2.24, 2.45) is 5.92 Å². The summed E-state index contributed by atoms with van der Waals surface area (Å²) in [6.45, 7) is 0.929. The molecule has 1 aliphatic heterocycles. The molecule has 1 fully saturated rings. The van der Waals surface area contributed by atoms with E-state index in [4.69, 9.17) is 5.11 Å². The number of carboxylic acid groups (broad SMARTS) is 1. The van der Waals surface area contributed by atoms with Crippen molar-refractivity contribution >= 4 is 33.4 Å². The maximum Gasteiger partial charge on any atom is 0.308 e. The summed E-state index contributed by atoms with van der Waals surface area (Å²) >= 11 is 1.50. The summed E-state index contributed by atoms with van der Waals surface area (Å²) < 4.78 is 0.975. The summed E-state index contributed by atoms with van der Waals surface area (Å²) in [5.74, 6) is -1.36. The van der Waals surface area contributed by atoms with Gasteiger partial charge in [-0.1, -0.05) is 0 Å². The molecule has 2 aromatic rings. The zero-order valence-corrected chi connectivity index (χ0v) is 11.6. The summed E-state index contributed by atoms with van der Waals surface area (Å²) in [4.78, 5) is 29.3. The third-order valence-electron chi connectivity index (χ3n) is 3.64. The van der Waals surface area contributed by atoms with Crippen LogP contribution >= 0.6 is 11.3 Å². The number of piperidine rings is 1. The molecule has 5 nitrogen and oxygen atoms in total. The second-order valence-corrected chi connectivity index (χ2v) is 5.85. The van der Waals surface area contributed by atoms with Gasteiger partial charge in [0, 0.05) is 18.7 Å². The fourth-order valence-corrected chi connectivity index (χ4v) is 3.25. The van der Waals surface area contributed by atoms with Crippen molar-refractivity contribution < 1.29 is 14.7 Å². The predicted molar refractivity (Wildman–Crippen MR) is 75.9 cm³/mol. The molecule has 0 bridgehead atoms. The molecule has 0 saturated carbocycles.